The molecule has 2 atom stereocenters. The van der Waals surface area contributed by atoms with Crippen molar-refractivity contribution < 1.29 is 4.79 Å². The first-order valence-electron chi connectivity index (χ1n) is 6.59. The molecule has 0 aromatic carbocycles. The molecule has 1 aromatic rings. The maximum absolute atomic E-state index is 12.1. The van der Waals surface area contributed by atoms with Gasteiger partial charge in [-0.15, -0.1) is 0 Å². The second kappa shape index (κ2) is 5.52. The number of hydrogen-bond donors (Lipinski definition) is 2. The van der Waals surface area contributed by atoms with Gasteiger partial charge in [0.2, 0.25) is 5.91 Å². The lowest BCUT2D eigenvalue weighted by molar-refractivity contribution is -0.126. The van der Waals surface area contributed by atoms with E-state index in [1.165, 1.54) is 0 Å². The van der Waals surface area contributed by atoms with E-state index in [0.717, 1.165) is 37.2 Å². The molecule has 1 fully saturated rings. The summed E-state index contributed by atoms with van der Waals surface area (Å²) in [5.74, 6) is 0.260. The molecule has 5 nitrogen and oxygen atoms in total. The van der Waals surface area contributed by atoms with Gasteiger partial charge in [0.15, 0.2) is 0 Å². The number of hydrogen-bond acceptors (Lipinski definition) is 3. The van der Waals surface area contributed by atoms with Crippen molar-refractivity contribution in [1.29, 1.82) is 0 Å². The van der Waals surface area contributed by atoms with Gasteiger partial charge in [0.05, 0.1) is 17.7 Å². The number of carbonyl (C=O) groups excluding carboxylic acids is 1. The Bertz CT molecular complexity index is 421. The topological polar surface area (TPSA) is 59.0 Å². The average Bonchev–Trinajstić information content (AvgIpc) is 2.69. The molecule has 1 aromatic heterocycles. The van der Waals surface area contributed by atoms with Gasteiger partial charge in [-0.05, 0) is 33.2 Å². The first-order chi connectivity index (χ1) is 8.58. The molecule has 0 saturated carbocycles. The van der Waals surface area contributed by atoms with Gasteiger partial charge < -0.3 is 10.6 Å². The first-order valence-corrected chi connectivity index (χ1v) is 6.59. The fraction of sp³-hybridized carbons (Fsp3) is 0.692. The monoisotopic (exact) mass is 250 g/mol. The largest absolute Gasteiger partial charge is 0.349 e. The van der Waals surface area contributed by atoms with Crippen molar-refractivity contribution in [2.45, 2.75) is 32.7 Å². The Balaban J connectivity index is 1.96. The fourth-order valence-corrected chi connectivity index (χ4v) is 2.53. The van der Waals surface area contributed by atoms with Crippen molar-refractivity contribution in [2.24, 2.45) is 13.0 Å². The third-order valence-corrected chi connectivity index (χ3v) is 3.54. The fourth-order valence-electron chi connectivity index (χ4n) is 2.53. The Hall–Kier alpha value is -1.36. The molecule has 18 heavy (non-hydrogen) atoms. The van der Waals surface area contributed by atoms with Gasteiger partial charge in [-0.2, -0.15) is 5.10 Å². The standard InChI is InChI=1S/C13H22N4O/c1-9(12-8-17(3)16-10(12)2)15-13(18)11-5-4-6-14-7-11/h8-9,11,14H,4-7H2,1-3H3,(H,15,18). The maximum atomic E-state index is 12.1. The molecular weight excluding hydrogens is 228 g/mol. The zero-order valence-electron chi connectivity index (χ0n) is 11.4. The molecule has 100 valence electrons. The number of nitrogens with zero attached hydrogens (tertiary/aromatic N) is 2. The van der Waals surface area contributed by atoms with Crippen molar-refractivity contribution >= 4 is 5.91 Å². The highest BCUT2D eigenvalue weighted by Gasteiger charge is 2.23. The highest BCUT2D eigenvalue weighted by molar-refractivity contribution is 5.79. The van der Waals surface area contributed by atoms with Crippen LogP contribution in [0.2, 0.25) is 0 Å². The van der Waals surface area contributed by atoms with Crippen LogP contribution in [0.25, 0.3) is 0 Å². The molecule has 5 heteroatoms. The summed E-state index contributed by atoms with van der Waals surface area (Å²) in [6.45, 7) is 5.81. The summed E-state index contributed by atoms with van der Waals surface area (Å²) in [6, 6.07) is 0.0214. The molecule has 0 bridgehead atoms. The number of amides is 1. The zero-order chi connectivity index (χ0) is 13.1. The minimum atomic E-state index is 0.0214. The van der Waals surface area contributed by atoms with Crippen LogP contribution in [0, 0.1) is 12.8 Å². The second-order valence-electron chi connectivity index (χ2n) is 5.12. The van der Waals surface area contributed by atoms with E-state index < -0.39 is 0 Å². The van der Waals surface area contributed by atoms with Crippen molar-refractivity contribution in [3.8, 4) is 0 Å². The van der Waals surface area contributed by atoms with Gasteiger partial charge in [-0.3, -0.25) is 9.48 Å². The summed E-state index contributed by atoms with van der Waals surface area (Å²) < 4.78 is 1.79. The molecular formula is C13H22N4O. The molecule has 0 radical (unpaired) electrons. The summed E-state index contributed by atoms with van der Waals surface area (Å²) in [6.07, 6.45) is 4.04. The van der Waals surface area contributed by atoms with Gasteiger partial charge in [0, 0.05) is 25.4 Å². The molecule has 1 aliphatic rings. The Morgan fingerprint density at radius 2 is 2.44 bits per heavy atom. The van der Waals surface area contributed by atoms with Crippen LogP contribution in [0.5, 0.6) is 0 Å². The molecule has 2 unspecified atom stereocenters. The van der Waals surface area contributed by atoms with Crippen molar-refractivity contribution in [1.82, 2.24) is 20.4 Å². The van der Waals surface area contributed by atoms with Crippen LogP contribution in [-0.2, 0) is 11.8 Å². The Kier molecular flexibility index (Phi) is 4.01. The van der Waals surface area contributed by atoms with E-state index in [0.29, 0.717) is 0 Å². The summed E-state index contributed by atoms with van der Waals surface area (Å²) in [5, 5.41) is 10.7. The quantitative estimate of drug-likeness (QED) is 0.838. The van der Waals surface area contributed by atoms with Crippen molar-refractivity contribution in [3.63, 3.8) is 0 Å². The summed E-state index contributed by atoms with van der Waals surface area (Å²) >= 11 is 0. The van der Waals surface area contributed by atoms with Crippen LogP contribution in [0.4, 0.5) is 0 Å². The van der Waals surface area contributed by atoms with Crippen LogP contribution >= 0.6 is 0 Å². The number of nitrogens with one attached hydrogen (secondary N) is 2. The van der Waals surface area contributed by atoms with Gasteiger partial charge in [0.25, 0.3) is 0 Å². The van der Waals surface area contributed by atoms with Gasteiger partial charge in [-0.1, -0.05) is 0 Å². The van der Waals surface area contributed by atoms with E-state index in [4.69, 9.17) is 0 Å². The Morgan fingerprint density at radius 1 is 1.67 bits per heavy atom. The predicted molar refractivity (Wildman–Crippen MR) is 70.1 cm³/mol. The summed E-state index contributed by atoms with van der Waals surface area (Å²) in [4.78, 5) is 12.1. The first kappa shape index (κ1) is 13.1. The number of carbonyl (C=O) groups is 1. The lowest BCUT2D eigenvalue weighted by atomic mass is 9.98. The van der Waals surface area contributed by atoms with Crippen molar-refractivity contribution in [3.05, 3.63) is 17.5 Å². The summed E-state index contributed by atoms with van der Waals surface area (Å²) in [5.41, 5.74) is 2.07. The molecule has 1 aliphatic heterocycles. The molecule has 2 rings (SSSR count). The molecule has 0 spiro atoms. The smallest absolute Gasteiger partial charge is 0.224 e. The average molecular weight is 250 g/mol. The molecule has 0 aliphatic carbocycles. The second-order valence-corrected chi connectivity index (χ2v) is 5.12. The van der Waals surface area contributed by atoms with E-state index in [-0.39, 0.29) is 17.9 Å². The highest BCUT2D eigenvalue weighted by atomic mass is 16.2. The SMILES string of the molecule is Cc1nn(C)cc1C(C)NC(=O)C1CCCNC1. The third kappa shape index (κ3) is 2.90. The lowest BCUT2D eigenvalue weighted by Crippen LogP contribution is -2.41. The third-order valence-electron chi connectivity index (χ3n) is 3.54. The van der Waals surface area contributed by atoms with E-state index in [2.05, 4.69) is 15.7 Å². The van der Waals surface area contributed by atoms with Crippen LogP contribution in [-0.4, -0.2) is 28.8 Å². The minimum absolute atomic E-state index is 0.0214. The number of aryl methyl sites for hydroxylation is 2. The lowest BCUT2D eigenvalue weighted by Gasteiger charge is -2.24. The van der Waals surface area contributed by atoms with E-state index in [9.17, 15) is 4.79 Å². The van der Waals surface area contributed by atoms with Crippen molar-refractivity contribution in [2.75, 3.05) is 13.1 Å². The van der Waals surface area contributed by atoms with Gasteiger partial charge in [-0.25, -0.2) is 0 Å². The molecule has 1 amide bonds. The van der Waals surface area contributed by atoms with Crippen LogP contribution < -0.4 is 10.6 Å². The van der Waals surface area contributed by atoms with Crippen LogP contribution in [0.15, 0.2) is 6.20 Å². The van der Waals surface area contributed by atoms with Crippen LogP contribution in [0.1, 0.15) is 37.1 Å². The zero-order valence-corrected chi connectivity index (χ0v) is 11.4. The van der Waals surface area contributed by atoms with Crippen LogP contribution in [0.3, 0.4) is 0 Å². The minimum Gasteiger partial charge on any atom is -0.349 e. The number of piperidine rings is 1. The molecule has 2 heterocycles. The van der Waals surface area contributed by atoms with E-state index in [1.807, 2.05) is 27.1 Å². The number of rotatable bonds is 3. The van der Waals surface area contributed by atoms with E-state index in [1.54, 1.807) is 4.68 Å². The molecule has 2 N–H and O–H groups in total. The predicted octanol–water partition coefficient (Wildman–Crippen LogP) is 0.905. The normalized spacial score (nSPS) is 21.6. The van der Waals surface area contributed by atoms with Gasteiger partial charge >= 0.3 is 0 Å². The number of aromatic nitrogens is 2. The Labute approximate surface area is 108 Å². The summed E-state index contributed by atoms with van der Waals surface area (Å²) in [7, 11) is 1.90. The maximum Gasteiger partial charge on any atom is 0.224 e. The highest BCUT2D eigenvalue weighted by Crippen LogP contribution is 2.17. The Morgan fingerprint density at radius 3 is 3.00 bits per heavy atom. The molecule has 1 saturated heterocycles. The van der Waals surface area contributed by atoms with Gasteiger partial charge in [0.1, 0.15) is 0 Å². The van der Waals surface area contributed by atoms with E-state index >= 15 is 0 Å².